The highest BCUT2D eigenvalue weighted by Gasteiger charge is 2.29. The molecular weight excluding hydrogens is 889 g/mol. The summed E-state index contributed by atoms with van der Waals surface area (Å²) < 4.78 is 149. The molecule has 0 aliphatic carbocycles. The first-order valence-electron chi connectivity index (χ1n) is 19.5. The molecule has 0 saturated carbocycles. The number of ether oxygens (including phenoxy) is 6. The zero-order valence-corrected chi connectivity index (χ0v) is 35.6. The fourth-order valence-electron chi connectivity index (χ4n) is 5.51. The molecule has 3 aliphatic rings. The van der Waals surface area contributed by atoms with Gasteiger partial charge in [-0.15, -0.1) is 15.3 Å². The van der Waals surface area contributed by atoms with Crippen LogP contribution in [-0.4, -0.2) is 133 Å². The molecule has 3 saturated heterocycles. The summed E-state index contributed by atoms with van der Waals surface area (Å²) in [5.41, 5.74) is 2.04. The van der Waals surface area contributed by atoms with Crippen molar-refractivity contribution in [1.29, 1.82) is 0 Å². The summed E-state index contributed by atoms with van der Waals surface area (Å²) in [5.74, 6) is 0.258. The van der Waals surface area contributed by atoms with Gasteiger partial charge in [0.05, 0.1) is 114 Å². The molecule has 0 radical (unpaired) electrons. The van der Waals surface area contributed by atoms with E-state index in [-0.39, 0.29) is 66.0 Å². The quantitative estimate of drug-likeness (QED) is 0.162. The first-order valence-corrected chi connectivity index (χ1v) is 20.6. The van der Waals surface area contributed by atoms with E-state index in [2.05, 4.69) is 46.5 Å². The lowest BCUT2D eigenvalue weighted by Gasteiger charge is -2.28. The molecule has 0 spiro atoms. The van der Waals surface area contributed by atoms with Gasteiger partial charge in [-0.05, 0) is 39.0 Å². The topological polar surface area (TPSA) is 169 Å². The van der Waals surface area contributed by atoms with Gasteiger partial charge in [0.15, 0.2) is 0 Å². The highest BCUT2D eigenvalue weighted by Crippen LogP contribution is 2.23. The van der Waals surface area contributed by atoms with Crippen molar-refractivity contribution >= 4 is 12.1 Å². The molecule has 3 aliphatic heterocycles. The molecule has 3 fully saturated rings. The summed E-state index contributed by atoms with van der Waals surface area (Å²) in [7, 11) is 0. The number of halogens is 10. The first-order chi connectivity index (χ1) is 29.7. The largest absolute Gasteiger partial charge is 0.476 e. The number of hydrogen-bond acceptors (Lipinski definition) is 16. The number of nitrogens with zero attached hydrogens (tertiary/aromatic N) is 6. The lowest BCUT2D eigenvalue weighted by atomic mass is 10.1. The first kappa shape index (κ1) is 53.4. The van der Waals surface area contributed by atoms with Crippen LogP contribution in [0.1, 0.15) is 75.2 Å². The summed E-state index contributed by atoms with van der Waals surface area (Å²) >= 11 is 0.250. The van der Waals surface area contributed by atoms with Gasteiger partial charge in [0.2, 0.25) is 17.6 Å². The molecule has 15 nitrogen and oxygen atoms in total. The van der Waals surface area contributed by atoms with E-state index in [4.69, 9.17) is 28.4 Å². The normalized spacial score (nSPS) is 22.8. The van der Waals surface area contributed by atoms with Gasteiger partial charge < -0.3 is 44.4 Å². The molecule has 3 aromatic rings. The summed E-state index contributed by atoms with van der Waals surface area (Å²) in [6.45, 7) is 8.01. The van der Waals surface area contributed by atoms with Crippen molar-refractivity contribution < 1.29 is 71.8 Å². The fraction of sp³-hybridized carbons (Fsp3) is 0.676. The Balaban J connectivity index is 0.000000243. The lowest BCUT2D eigenvalue weighted by Crippen LogP contribution is -2.42. The molecule has 0 aromatic carbocycles. The minimum Gasteiger partial charge on any atom is -0.476 e. The van der Waals surface area contributed by atoms with Crippen LogP contribution in [0, 0.1) is 0 Å². The minimum absolute atomic E-state index is 0.0597. The summed E-state index contributed by atoms with van der Waals surface area (Å²) in [5, 5.41) is 33.0. The van der Waals surface area contributed by atoms with E-state index in [0.717, 1.165) is 0 Å². The van der Waals surface area contributed by atoms with Crippen molar-refractivity contribution in [3.8, 4) is 17.6 Å². The van der Waals surface area contributed by atoms with Crippen LogP contribution in [0.2, 0.25) is 0 Å². The van der Waals surface area contributed by atoms with Crippen molar-refractivity contribution in [2.24, 2.45) is 0 Å². The molecule has 63 heavy (non-hydrogen) atoms. The van der Waals surface area contributed by atoms with Gasteiger partial charge >= 0.3 is 18.5 Å². The number of hydrogen-bond donors (Lipinski definition) is 3. The van der Waals surface area contributed by atoms with Gasteiger partial charge in [-0.1, -0.05) is 0 Å². The molecule has 6 rings (SSSR count). The van der Waals surface area contributed by atoms with Crippen LogP contribution < -0.4 is 30.2 Å². The van der Waals surface area contributed by atoms with Crippen LogP contribution in [0.15, 0.2) is 36.4 Å². The number of aromatic nitrogens is 6. The molecular formula is C37H51F10N9O6S. The predicted octanol–water partition coefficient (Wildman–Crippen LogP) is 6.81. The zero-order chi connectivity index (χ0) is 46.5. The standard InChI is InChI=1S/3C12H16F3N3O2.CH3FS/c3*1-8-6-19-7-10(16-8)9-2-3-11(18-17-9)20-5-4-12(13,14)15;1-3-2/h3*2-3,8,10,16H,4-7H2,1H3;1H3/t2*8-,10-;;/m10../s1. The fourth-order valence-corrected chi connectivity index (χ4v) is 5.51. The average molecular weight is 940 g/mol. The highest BCUT2D eigenvalue weighted by atomic mass is 32.2. The van der Waals surface area contributed by atoms with E-state index in [0.29, 0.717) is 56.7 Å². The van der Waals surface area contributed by atoms with Gasteiger partial charge in [-0.2, -0.15) is 58.7 Å². The monoisotopic (exact) mass is 939 g/mol. The second-order valence-corrected chi connectivity index (χ2v) is 14.5. The van der Waals surface area contributed by atoms with Gasteiger partial charge in [0.25, 0.3) is 0 Å². The van der Waals surface area contributed by atoms with Crippen molar-refractivity contribution in [2.45, 2.75) is 94.8 Å². The Morgan fingerprint density at radius 2 is 0.746 bits per heavy atom. The lowest BCUT2D eigenvalue weighted by molar-refractivity contribution is -0.140. The summed E-state index contributed by atoms with van der Waals surface area (Å²) in [6.07, 6.45) is -14.3. The molecule has 0 amide bonds. The van der Waals surface area contributed by atoms with E-state index in [1.165, 1.54) is 24.5 Å². The van der Waals surface area contributed by atoms with Crippen molar-refractivity contribution in [1.82, 2.24) is 46.5 Å². The van der Waals surface area contributed by atoms with Crippen molar-refractivity contribution in [3.05, 3.63) is 53.5 Å². The molecule has 3 N–H and O–H groups in total. The van der Waals surface area contributed by atoms with Crippen molar-refractivity contribution in [3.63, 3.8) is 0 Å². The Hall–Kier alpha value is -3.95. The number of nitrogens with one attached hydrogen (secondary N) is 3. The van der Waals surface area contributed by atoms with Crippen molar-refractivity contribution in [2.75, 3.05) is 65.7 Å². The Kier molecular flexibility index (Phi) is 22.7. The third-order valence-electron chi connectivity index (χ3n) is 8.37. The second-order valence-electron chi connectivity index (χ2n) is 14.2. The van der Waals surface area contributed by atoms with Gasteiger partial charge in [-0.25, -0.2) is 0 Å². The Labute approximate surface area is 361 Å². The highest BCUT2D eigenvalue weighted by molar-refractivity contribution is 7.93. The van der Waals surface area contributed by atoms with Crippen LogP contribution >= 0.6 is 12.1 Å². The Bertz CT molecular complexity index is 1500. The van der Waals surface area contributed by atoms with Crippen LogP contribution in [0.5, 0.6) is 17.6 Å². The van der Waals surface area contributed by atoms with Crippen LogP contribution in [0.4, 0.5) is 43.4 Å². The van der Waals surface area contributed by atoms with E-state index >= 15 is 0 Å². The van der Waals surface area contributed by atoms with E-state index < -0.39 is 57.6 Å². The molecule has 6 atom stereocenters. The predicted molar refractivity (Wildman–Crippen MR) is 208 cm³/mol. The maximum atomic E-state index is 12.0. The summed E-state index contributed by atoms with van der Waals surface area (Å²) in [4.78, 5) is 0. The minimum atomic E-state index is -4.23. The van der Waals surface area contributed by atoms with E-state index in [1.54, 1.807) is 18.2 Å². The molecule has 3 aromatic heterocycles. The molecule has 26 heteroatoms. The van der Waals surface area contributed by atoms with Crippen LogP contribution in [0.25, 0.3) is 0 Å². The van der Waals surface area contributed by atoms with Crippen LogP contribution in [0.3, 0.4) is 0 Å². The average Bonchev–Trinajstić information content (AvgIpc) is 3.21. The van der Waals surface area contributed by atoms with E-state index in [1.807, 2.05) is 20.8 Å². The third kappa shape index (κ3) is 23.0. The van der Waals surface area contributed by atoms with Crippen LogP contribution in [-0.2, 0) is 14.2 Å². The summed E-state index contributed by atoms with van der Waals surface area (Å²) in [6, 6.07) is 10.1. The second kappa shape index (κ2) is 26.7. The molecule has 2 unspecified atom stereocenters. The van der Waals surface area contributed by atoms with Gasteiger partial charge in [0.1, 0.15) is 0 Å². The smallest absolute Gasteiger partial charge is 0.392 e. The SMILES string of the molecule is CC1COCC(c2ccc(OCCC(F)(F)F)nn2)N1.CSF.C[C@@H]1COC[C@H](c2ccc(OCCC(F)(F)F)nn2)N1.C[C@H]1COC[C@@H](c2ccc(OCCC(F)(F)F)nn2)N1. The van der Waals surface area contributed by atoms with Gasteiger partial charge in [-0.3, -0.25) is 0 Å². The third-order valence-corrected chi connectivity index (χ3v) is 8.37. The molecule has 0 bridgehead atoms. The van der Waals surface area contributed by atoms with Gasteiger partial charge in [0, 0.05) is 54.7 Å². The number of morpholine rings is 3. The number of alkyl halides is 9. The van der Waals surface area contributed by atoms with E-state index in [9.17, 15) is 43.4 Å². The molecule has 6 heterocycles. The Morgan fingerprint density at radius 1 is 0.492 bits per heavy atom. The number of rotatable bonds is 12. The molecule has 356 valence electrons. The maximum Gasteiger partial charge on any atom is 0.392 e. The zero-order valence-electron chi connectivity index (χ0n) is 34.7. The Morgan fingerprint density at radius 3 is 0.937 bits per heavy atom. The maximum absolute atomic E-state index is 12.0.